The fraction of sp³-hybridized carbons (Fsp3) is 1.00. The van der Waals surface area contributed by atoms with Gasteiger partial charge in [0, 0.05) is 0 Å². The Morgan fingerprint density at radius 2 is 0.548 bits per heavy atom. The van der Waals surface area contributed by atoms with Crippen LogP contribution in [0, 0.1) is 0 Å². The lowest BCUT2D eigenvalue weighted by Gasteiger charge is -2.42. The number of hydrogen-bond donors (Lipinski definition) is 0. The number of hydrogen-bond acceptors (Lipinski definition) is 11. The van der Waals surface area contributed by atoms with Crippen molar-refractivity contribution < 1.29 is 45.3 Å². The van der Waals surface area contributed by atoms with Crippen LogP contribution in [0.15, 0.2) is 0 Å². The SMILES string of the molecule is C[SiH](C)O[SiH](C)O[SiH](C)O[SiH](C)O[SiH](C)O[SiH](C)O[Si](C)(C)O[Si](C)(C)O[Si](C)(C)O[Si](C)(C)O[Si](C)(C)O[SiH](C)C. The summed E-state index contributed by atoms with van der Waals surface area (Å²) in [5, 5.41) is 0. The van der Waals surface area contributed by atoms with Crippen molar-refractivity contribution in [2.24, 2.45) is 0 Å². The third kappa shape index (κ3) is 22.6. The Bertz CT molecular complexity index is 779. The van der Waals surface area contributed by atoms with Gasteiger partial charge in [0.05, 0.1) is 0 Å². The molecule has 0 rings (SSSR count). The standard InChI is InChI=1S/C19H64O11Si12/c1-31(2)20-33(5)21-34(6)22-35(7)23-36(8)24-37(9)26-39(12,13)28-41(16,17)30-42(18,19)29-40(14,15)27-38(10,11)25-32(3)4/h31-37H,1-19H3. The van der Waals surface area contributed by atoms with Crippen LogP contribution < -0.4 is 0 Å². The molecule has 5 atom stereocenters. The molecule has 23 heteroatoms. The summed E-state index contributed by atoms with van der Waals surface area (Å²) >= 11 is 0. The van der Waals surface area contributed by atoms with E-state index >= 15 is 0 Å². The quantitative estimate of drug-likeness (QED) is 0.149. The van der Waals surface area contributed by atoms with Crippen LogP contribution in [0.1, 0.15) is 0 Å². The summed E-state index contributed by atoms with van der Waals surface area (Å²) in [5.41, 5.74) is 0. The predicted octanol–water partition coefficient (Wildman–Crippen LogP) is 3.90. The highest BCUT2D eigenvalue weighted by Gasteiger charge is 2.47. The first-order chi connectivity index (χ1) is 18.6. The summed E-state index contributed by atoms with van der Waals surface area (Å²) < 4.78 is 69.7. The molecule has 5 unspecified atom stereocenters. The van der Waals surface area contributed by atoms with Crippen molar-refractivity contribution >= 4 is 107 Å². The molecular formula is C19H64O11Si12. The second kappa shape index (κ2) is 18.6. The normalized spacial score (nSPS) is 17.9. The molecule has 11 nitrogen and oxygen atoms in total. The summed E-state index contributed by atoms with van der Waals surface area (Å²) in [6.07, 6.45) is 0. The minimum absolute atomic E-state index is 1.09. The van der Waals surface area contributed by atoms with Gasteiger partial charge in [0.1, 0.15) is 0 Å². The minimum Gasteiger partial charge on any atom is -0.442 e. The van der Waals surface area contributed by atoms with E-state index in [2.05, 4.69) is 98.2 Å². The van der Waals surface area contributed by atoms with Crippen LogP contribution in [0.4, 0.5) is 0 Å². The molecule has 0 saturated heterocycles. The Hall–Kier alpha value is 2.16. The van der Waals surface area contributed by atoms with Crippen LogP contribution in [-0.4, -0.2) is 107 Å². The molecule has 0 radical (unpaired) electrons. The molecular weight excluding hydrogens is 741 g/mol. The average Bonchev–Trinajstić information content (AvgIpc) is 2.59. The molecule has 0 heterocycles. The highest BCUT2D eigenvalue weighted by molar-refractivity contribution is 6.90. The zero-order chi connectivity index (χ0) is 33.3. The van der Waals surface area contributed by atoms with Crippen molar-refractivity contribution in [1.82, 2.24) is 0 Å². The maximum absolute atomic E-state index is 6.66. The van der Waals surface area contributed by atoms with E-state index in [-0.39, 0.29) is 0 Å². The second-order valence-electron chi connectivity index (χ2n) is 13.3. The van der Waals surface area contributed by atoms with Gasteiger partial charge in [0.25, 0.3) is 46.4 Å². The summed E-state index contributed by atoms with van der Waals surface area (Å²) in [5.74, 6) is 0. The molecule has 0 aliphatic carbocycles. The molecule has 0 N–H and O–H groups in total. The molecule has 0 aromatic rings. The molecule has 0 aliphatic rings. The molecule has 42 heavy (non-hydrogen) atoms. The molecule has 0 bridgehead atoms. The molecule has 0 fully saturated rings. The lowest BCUT2D eigenvalue weighted by atomic mass is 11.9. The summed E-state index contributed by atoms with van der Waals surface area (Å²) in [6.45, 7) is 39.6. The molecule has 0 saturated carbocycles. The van der Waals surface area contributed by atoms with Crippen LogP contribution in [0.5, 0.6) is 0 Å². The lowest BCUT2D eigenvalue weighted by Crippen LogP contribution is -2.60. The fourth-order valence-corrected chi connectivity index (χ4v) is 50.4. The van der Waals surface area contributed by atoms with Crippen LogP contribution in [0.2, 0.25) is 124 Å². The minimum atomic E-state index is -2.59. The van der Waals surface area contributed by atoms with Gasteiger partial charge in [-0.25, -0.2) is 0 Å². The molecule has 254 valence electrons. The topological polar surface area (TPSA) is 102 Å². The van der Waals surface area contributed by atoms with Crippen LogP contribution in [-0.2, 0) is 45.3 Å². The Kier molecular flexibility index (Phi) is 19.6. The average molecular weight is 806 g/mol. The largest absolute Gasteiger partial charge is 0.442 e. The third-order valence-corrected chi connectivity index (χ3v) is 44.4. The molecule has 0 amide bonds. The van der Waals surface area contributed by atoms with Gasteiger partial charge in [-0.3, -0.25) is 0 Å². The summed E-state index contributed by atoms with van der Waals surface area (Å²) in [7, 11) is -23.9. The Balaban J connectivity index is 4.91. The molecule has 0 aromatic heterocycles. The van der Waals surface area contributed by atoms with E-state index in [1.54, 1.807) is 0 Å². The van der Waals surface area contributed by atoms with E-state index in [0.717, 1.165) is 0 Å². The van der Waals surface area contributed by atoms with Crippen LogP contribution in [0.25, 0.3) is 0 Å². The first kappa shape index (κ1) is 44.2. The lowest BCUT2D eigenvalue weighted by molar-refractivity contribution is 0.267. The van der Waals surface area contributed by atoms with Gasteiger partial charge in [0.2, 0.25) is 0 Å². The third-order valence-electron chi connectivity index (χ3n) is 4.93. The van der Waals surface area contributed by atoms with Crippen molar-refractivity contribution in [3.63, 3.8) is 0 Å². The van der Waals surface area contributed by atoms with Gasteiger partial charge in [-0.1, -0.05) is 0 Å². The first-order valence-corrected chi connectivity index (χ1v) is 45.2. The Morgan fingerprint density at radius 3 is 0.857 bits per heavy atom. The highest BCUT2D eigenvalue weighted by atomic mass is 28.5. The Morgan fingerprint density at radius 1 is 0.286 bits per heavy atom. The Labute approximate surface area is 275 Å². The summed E-state index contributed by atoms with van der Waals surface area (Å²) in [6, 6.07) is 0. The molecule has 0 aliphatic heterocycles. The van der Waals surface area contributed by atoms with Crippen molar-refractivity contribution in [3.05, 3.63) is 0 Å². The van der Waals surface area contributed by atoms with E-state index in [0.29, 0.717) is 0 Å². The van der Waals surface area contributed by atoms with Crippen molar-refractivity contribution in [2.45, 2.75) is 124 Å². The van der Waals surface area contributed by atoms with Gasteiger partial charge >= 0.3 is 42.8 Å². The zero-order valence-electron chi connectivity index (χ0n) is 30.0. The zero-order valence-corrected chi connectivity index (χ0v) is 43.1. The van der Waals surface area contributed by atoms with E-state index in [9.17, 15) is 0 Å². The van der Waals surface area contributed by atoms with Crippen LogP contribution in [0.3, 0.4) is 0 Å². The maximum atomic E-state index is 6.66. The number of rotatable bonds is 22. The molecule has 0 spiro atoms. The van der Waals surface area contributed by atoms with E-state index < -0.39 is 107 Å². The smallest absolute Gasteiger partial charge is 0.314 e. The summed E-state index contributed by atoms with van der Waals surface area (Å²) in [4.78, 5) is 0. The molecule has 0 aromatic carbocycles. The van der Waals surface area contributed by atoms with Crippen molar-refractivity contribution in [3.8, 4) is 0 Å². The van der Waals surface area contributed by atoms with Gasteiger partial charge in [-0.2, -0.15) is 0 Å². The predicted molar refractivity (Wildman–Crippen MR) is 202 cm³/mol. The van der Waals surface area contributed by atoms with E-state index in [1.165, 1.54) is 0 Å². The van der Waals surface area contributed by atoms with Gasteiger partial charge in [0.15, 0.2) is 18.1 Å². The monoisotopic (exact) mass is 804 g/mol. The van der Waals surface area contributed by atoms with E-state index in [1.807, 2.05) is 26.2 Å². The van der Waals surface area contributed by atoms with Crippen molar-refractivity contribution in [1.29, 1.82) is 0 Å². The second-order valence-corrected chi connectivity index (χ2v) is 47.7. The van der Waals surface area contributed by atoms with E-state index in [4.69, 9.17) is 45.3 Å². The van der Waals surface area contributed by atoms with Gasteiger partial charge in [-0.15, -0.1) is 0 Å². The van der Waals surface area contributed by atoms with Crippen molar-refractivity contribution in [2.75, 3.05) is 0 Å². The maximum Gasteiger partial charge on any atom is 0.314 e. The highest BCUT2D eigenvalue weighted by Crippen LogP contribution is 2.27. The first-order valence-electron chi connectivity index (χ1n) is 15.1. The fourth-order valence-electron chi connectivity index (χ4n) is 5.06. The van der Waals surface area contributed by atoms with Crippen LogP contribution >= 0.6 is 0 Å². The van der Waals surface area contributed by atoms with Gasteiger partial charge < -0.3 is 45.3 Å². The van der Waals surface area contributed by atoms with Gasteiger partial charge in [-0.05, 0) is 124 Å².